The molecule has 12 aromatic carbocycles. The Balaban J connectivity index is 0.000000132. The first-order chi connectivity index (χ1) is 54.9. The Kier molecular flexibility index (Phi) is 27.4. The maximum absolute atomic E-state index is 2.53. The Morgan fingerprint density at radius 2 is 0.366 bits per heavy atom. The van der Waals surface area contributed by atoms with Crippen molar-refractivity contribution in [1.29, 1.82) is 0 Å². The highest BCUT2D eigenvalue weighted by atomic mass is 15.2. The molecule has 0 bridgehead atoms. The molecule has 12 aromatic rings. The van der Waals surface area contributed by atoms with Crippen molar-refractivity contribution < 1.29 is 0 Å². The molecule has 0 aromatic heterocycles. The lowest BCUT2D eigenvalue weighted by Gasteiger charge is -2.32. The second kappa shape index (κ2) is 38.4. The van der Waals surface area contributed by atoms with E-state index in [4.69, 9.17) is 0 Å². The summed E-state index contributed by atoms with van der Waals surface area (Å²) in [4.78, 5) is 9.94. The highest BCUT2D eigenvalue weighted by Gasteiger charge is 2.24. The van der Waals surface area contributed by atoms with Gasteiger partial charge in [-0.2, -0.15) is 0 Å². The van der Waals surface area contributed by atoms with Gasteiger partial charge >= 0.3 is 0 Å². The van der Waals surface area contributed by atoms with Crippen LogP contribution in [0.1, 0.15) is 176 Å². The average molecular weight is 1480 g/mol. The predicted octanol–water partition coefficient (Wildman–Crippen LogP) is 28.8. The first kappa shape index (κ1) is 79.9. The van der Waals surface area contributed by atoms with Gasteiger partial charge in [0.05, 0.1) is 0 Å². The maximum atomic E-state index is 2.53. The molecule has 6 aliphatic carbocycles. The molecule has 0 saturated heterocycles. The molecule has 576 valence electrons. The standard InChI is InChI=1S/C33H33N.C31H31N.C21H25N.C19H23N.2C2H6/c1-3-23(2)22-34(32-16-12-26(13-17-32)30-10-6-24-4-8-28(24)20-30)33-18-14-27(15-19-33)31-11-7-25-5-9-29(25)21-31;1-3-23(2)22-32(30-17-13-25(14-18-30)24-7-5-4-6-8-24)31-19-15-27(16-20-31)29-12-10-26-9-11-28(26)21-29;1-3-15(2)14-22(20-10-8-16-4-6-18(16)12-20)21-11-9-17-5-7-19(17)13-21;1-3-15(2)14-20(18-7-5-4-6-8-18)19-12-11-16-9-10-17(16)13-19;2*1-2/h6-7,10-21,23H,3-5,8-9,22H2,1-2H3;4-8,10,12-21,23H,3,9,11,22H2,1-2H3;8-13,15H,3-7,14H2,1-2H3;4-8,11-13,15H,3,9-10,14H2,1-2H3;2*1-2H3. The fourth-order valence-electron chi connectivity index (χ4n) is 15.9. The molecule has 4 nitrogen and oxygen atoms in total. The highest BCUT2D eigenvalue weighted by Crippen LogP contribution is 2.40. The fraction of sp³-hybridized carbons (Fsp3) is 0.333. The summed E-state index contributed by atoms with van der Waals surface area (Å²) in [5.41, 5.74) is 39.2. The van der Waals surface area contributed by atoms with Crippen LogP contribution >= 0.6 is 0 Å². The van der Waals surface area contributed by atoms with Gasteiger partial charge in [-0.15, -0.1) is 0 Å². The van der Waals surface area contributed by atoms with Crippen LogP contribution in [-0.4, -0.2) is 26.2 Å². The van der Waals surface area contributed by atoms with Crippen molar-refractivity contribution in [3.05, 3.63) is 334 Å². The largest absolute Gasteiger partial charge is 0.341 e. The molecule has 0 radical (unpaired) electrons. The van der Waals surface area contributed by atoms with Crippen molar-refractivity contribution in [2.75, 3.05) is 45.8 Å². The van der Waals surface area contributed by atoms with E-state index >= 15 is 0 Å². The normalized spacial score (nSPS) is 14.0. The monoisotopic (exact) mass is 1480 g/mol. The molecule has 0 spiro atoms. The van der Waals surface area contributed by atoms with Crippen LogP contribution in [0.3, 0.4) is 0 Å². The zero-order valence-corrected chi connectivity index (χ0v) is 69.6. The van der Waals surface area contributed by atoms with E-state index in [0.29, 0.717) is 23.7 Å². The van der Waals surface area contributed by atoms with Crippen molar-refractivity contribution in [3.8, 4) is 44.5 Å². The number of benzene rings is 12. The minimum atomic E-state index is 0.622. The van der Waals surface area contributed by atoms with E-state index in [1.54, 1.807) is 22.3 Å². The topological polar surface area (TPSA) is 13.0 Å². The molecule has 0 N–H and O–H groups in total. The summed E-state index contributed by atoms with van der Waals surface area (Å²) < 4.78 is 0. The quantitative estimate of drug-likeness (QED) is 0.0598. The van der Waals surface area contributed by atoms with Crippen LogP contribution in [0.2, 0.25) is 0 Å². The van der Waals surface area contributed by atoms with Crippen LogP contribution in [-0.2, 0) is 77.0 Å². The summed E-state index contributed by atoms with van der Waals surface area (Å²) in [5.74, 6) is 2.65. The molecule has 0 saturated carbocycles. The molecule has 0 heterocycles. The van der Waals surface area contributed by atoms with Crippen LogP contribution < -0.4 is 19.6 Å². The van der Waals surface area contributed by atoms with E-state index in [0.717, 1.165) is 26.2 Å². The zero-order chi connectivity index (χ0) is 78.0. The SMILES string of the molecule is CC.CC.CCC(C)CN(c1ccc(-c2ccc3c(c2)CC3)cc1)c1ccc(-c2ccc3c(c2)CC3)cc1.CCC(C)CN(c1ccc(-c2ccccc2)cc1)c1ccc(-c2ccc3c(c2)CC3)cc1.CCC(C)CN(c1ccc2c(c1)CC2)c1ccc2c(c1)CC2.CCC(C)CN(c1ccccc1)c1ccc2c(c1)CC2. The van der Waals surface area contributed by atoms with Crippen LogP contribution in [0.5, 0.6) is 0 Å². The predicted molar refractivity (Wildman–Crippen MR) is 486 cm³/mol. The van der Waals surface area contributed by atoms with Crippen molar-refractivity contribution in [3.63, 3.8) is 0 Å². The summed E-state index contributed by atoms with van der Waals surface area (Å²) in [6, 6.07) is 99.7. The van der Waals surface area contributed by atoms with Gasteiger partial charge in [-0.1, -0.05) is 279 Å². The maximum Gasteiger partial charge on any atom is 0.0413 e. The van der Waals surface area contributed by atoms with Gasteiger partial charge in [0.2, 0.25) is 0 Å². The van der Waals surface area contributed by atoms with Gasteiger partial charge in [0.1, 0.15) is 0 Å². The van der Waals surface area contributed by atoms with Gasteiger partial charge in [-0.25, -0.2) is 0 Å². The Bertz CT molecular complexity index is 4840. The van der Waals surface area contributed by atoms with E-state index < -0.39 is 0 Å². The van der Waals surface area contributed by atoms with E-state index in [-0.39, 0.29) is 0 Å². The Hall–Kier alpha value is -10.2. The summed E-state index contributed by atoms with van der Waals surface area (Å²) in [7, 11) is 0. The number of fused-ring (bicyclic) bond motifs is 6. The second-order valence-corrected chi connectivity index (χ2v) is 32.2. The van der Waals surface area contributed by atoms with E-state index in [9.17, 15) is 0 Å². The van der Waals surface area contributed by atoms with Crippen LogP contribution in [0.15, 0.2) is 267 Å². The molecule has 4 heteroatoms. The lowest BCUT2D eigenvalue weighted by atomic mass is 9.86. The Labute approximate surface area is 674 Å². The van der Waals surface area contributed by atoms with Gasteiger partial charge in [0, 0.05) is 71.7 Å². The molecule has 18 rings (SSSR count). The molecule has 0 fully saturated rings. The van der Waals surface area contributed by atoms with Gasteiger partial charge in [0.25, 0.3) is 0 Å². The highest BCUT2D eigenvalue weighted by molar-refractivity contribution is 5.77. The van der Waals surface area contributed by atoms with Gasteiger partial charge in [-0.3, -0.25) is 0 Å². The van der Waals surface area contributed by atoms with Crippen molar-refractivity contribution >= 4 is 45.5 Å². The molecule has 4 unspecified atom stereocenters. The Morgan fingerprint density at radius 3 is 0.598 bits per heavy atom. The third kappa shape index (κ3) is 19.1. The summed E-state index contributed by atoms with van der Waals surface area (Å²) in [6.45, 7) is 30.7. The smallest absolute Gasteiger partial charge is 0.0413 e. The van der Waals surface area contributed by atoms with Crippen LogP contribution in [0, 0.1) is 23.7 Å². The molecule has 0 aliphatic heterocycles. The molecular formula is C108H124N4. The fourth-order valence-corrected chi connectivity index (χ4v) is 15.9. The molecule has 4 atom stereocenters. The number of nitrogens with zero attached hydrogens (tertiary/aromatic N) is 4. The van der Waals surface area contributed by atoms with E-state index in [1.807, 2.05) is 27.7 Å². The number of para-hydroxylation sites is 1. The first-order valence-corrected chi connectivity index (χ1v) is 43.2. The van der Waals surface area contributed by atoms with E-state index in [2.05, 4.69) is 342 Å². The first-order valence-electron chi connectivity index (χ1n) is 43.2. The van der Waals surface area contributed by atoms with E-state index in [1.165, 1.54) is 237 Å². The molecule has 112 heavy (non-hydrogen) atoms. The minimum Gasteiger partial charge on any atom is -0.341 e. The minimum absolute atomic E-state index is 0.622. The summed E-state index contributed by atoms with van der Waals surface area (Å²) in [5, 5.41) is 0. The number of hydrogen-bond acceptors (Lipinski definition) is 4. The molecular weight excluding hydrogens is 1350 g/mol. The van der Waals surface area contributed by atoms with Gasteiger partial charge in [0.15, 0.2) is 0 Å². The summed E-state index contributed by atoms with van der Waals surface area (Å²) >= 11 is 0. The molecule has 0 amide bonds. The summed E-state index contributed by atoms with van der Waals surface area (Å²) in [6.07, 6.45) is 19.7. The number of anilines is 8. The van der Waals surface area contributed by atoms with Gasteiger partial charge in [-0.05, 0) is 309 Å². The lowest BCUT2D eigenvalue weighted by molar-refractivity contribution is 0.568. The van der Waals surface area contributed by atoms with Crippen LogP contribution in [0.4, 0.5) is 45.5 Å². The van der Waals surface area contributed by atoms with Crippen molar-refractivity contribution in [2.24, 2.45) is 23.7 Å². The zero-order valence-electron chi connectivity index (χ0n) is 69.6. The number of rotatable bonds is 24. The third-order valence-corrected chi connectivity index (χ3v) is 24.8. The molecule has 6 aliphatic rings. The van der Waals surface area contributed by atoms with Crippen molar-refractivity contribution in [2.45, 2.75) is 186 Å². The lowest BCUT2D eigenvalue weighted by Crippen LogP contribution is -2.25. The average Bonchev–Trinajstić information content (AvgIpc) is 0.820. The second-order valence-electron chi connectivity index (χ2n) is 32.2. The number of aryl methyl sites for hydroxylation is 12. The van der Waals surface area contributed by atoms with Crippen molar-refractivity contribution in [1.82, 2.24) is 0 Å². The Morgan fingerprint density at radius 1 is 0.188 bits per heavy atom. The third-order valence-electron chi connectivity index (χ3n) is 24.8. The van der Waals surface area contributed by atoms with Gasteiger partial charge < -0.3 is 19.6 Å². The number of hydrogen-bond donors (Lipinski definition) is 0. The van der Waals surface area contributed by atoms with Crippen LogP contribution in [0.25, 0.3) is 44.5 Å².